The summed E-state index contributed by atoms with van der Waals surface area (Å²) in [5.74, 6) is -0.0892. The molecule has 2 saturated carbocycles. The number of rotatable bonds is 7. The normalized spacial score (nSPS) is 23.6. The van der Waals surface area contributed by atoms with E-state index in [1.165, 1.54) is 12.5 Å². The third-order valence-electron chi connectivity index (χ3n) is 7.54. The molecule has 2 fully saturated rings. The predicted molar refractivity (Wildman–Crippen MR) is 146 cm³/mol. The fraction of sp³-hybridized carbons (Fsp3) is 0.500. The molecule has 0 aliphatic heterocycles. The van der Waals surface area contributed by atoms with E-state index in [2.05, 4.69) is 25.6 Å². The first-order chi connectivity index (χ1) is 18.7. The van der Waals surface area contributed by atoms with Gasteiger partial charge in [0, 0.05) is 24.3 Å². The second-order valence-corrected chi connectivity index (χ2v) is 13.5. The van der Waals surface area contributed by atoms with E-state index in [9.17, 15) is 26.4 Å². The molecular formula is C24H26Cl2F3N7O3S. The Hall–Kier alpha value is -2.84. The summed E-state index contributed by atoms with van der Waals surface area (Å²) in [6, 6.07) is 1.29. The topological polar surface area (TPSA) is 145 Å². The molecule has 4 N–H and O–H groups in total. The Bertz CT molecular complexity index is 1540. The zero-order chi connectivity index (χ0) is 29.0. The molecule has 3 aromatic rings. The minimum atomic E-state index is -4.63. The van der Waals surface area contributed by atoms with Gasteiger partial charge in [0.2, 0.25) is 17.8 Å². The van der Waals surface area contributed by atoms with Gasteiger partial charge in [0.25, 0.3) is 0 Å². The number of hydrogen-bond acceptors (Lipinski definition) is 8. The quantitative estimate of drug-likeness (QED) is 0.331. The highest BCUT2D eigenvalue weighted by Gasteiger charge is 2.37. The number of anilines is 3. The summed E-state index contributed by atoms with van der Waals surface area (Å²) in [5.41, 5.74) is 5.42. The minimum Gasteiger partial charge on any atom is -0.369 e. The molecule has 0 atom stereocenters. The number of alkyl halides is 3. The smallest absolute Gasteiger partial charge is 0.369 e. The zero-order valence-corrected chi connectivity index (χ0v) is 23.5. The lowest BCUT2D eigenvalue weighted by molar-refractivity contribution is -0.137. The van der Waals surface area contributed by atoms with E-state index in [0.717, 1.165) is 12.1 Å². The van der Waals surface area contributed by atoms with Gasteiger partial charge in [-0.3, -0.25) is 9.36 Å². The van der Waals surface area contributed by atoms with Crippen LogP contribution < -0.4 is 16.4 Å². The van der Waals surface area contributed by atoms with Crippen molar-refractivity contribution < 1.29 is 26.4 Å². The number of carbonyl (C=O) groups is 1. The van der Waals surface area contributed by atoms with Crippen LogP contribution in [0.1, 0.15) is 50.1 Å². The Morgan fingerprint density at radius 2 is 1.73 bits per heavy atom. The van der Waals surface area contributed by atoms with Crippen LogP contribution in [0.15, 0.2) is 18.3 Å². The number of amides is 1. The maximum absolute atomic E-state index is 13.2. The molecule has 216 valence electrons. The standard InChI is InChI=1S/C24H26Cl2F3N7O3S/c1-40(38,39)15-8-13(9-15)32-22-31-10-18-21(35-22)36(14-4-2-11(3-5-14)20(30)37)23(33-18)34-19-16(25)6-12(7-17(19)26)24(27,28)29/h6-7,10-11,13-15H,2-5,8-9H2,1H3,(H2,30,37)(H,33,34)(H,31,32,35)/t11-,13?,14-,15?. The van der Waals surface area contributed by atoms with Crippen LogP contribution in [0.3, 0.4) is 0 Å². The SMILES string of the molecule is CS(=O)(=O)C1CC(Nc2ncc3nc(Nc4c(Cl)cc(C(F)(F)F)cc4Cl)n([C@H]4CC[C@H](C(N)=O)CC4)c3n2)C1. The van der Waals surface area contributed by atoms with Gasteiger partial charge in [0.05, 0.1) is 32.7 Å². The summed E-state index contributed by atoms with van der Waals surface area (Å²) in [6.07, 6.45) is 1.22. The molecule has 0 bridgehead atoms. The highest BCUT2D eigenvalue weighted by molar-refractivity contribution is 7.91. The van der Waals surface area contributed by atoms with Gasteiger partial charge < -0.3 is 16.4 Å². The van der Waals surface area contributed by atoms with Gasteiger partial charge in [-0.25, -0.2) is 18.4 Å². The molecule has 2 heterocycles. The number of carbonyl (C=O) groups excluding carboxylic acids is 1. The Balaban J connectivity index is 1.49. The molecule has 1 aromatic carbocycles. The summed E-state index contributed by atoms with van der Waals surface area (Å²) in [7, 11) is -3.12. The van der Waals surface area contributed by atoms with Crippen molar-refractivity contribution in [3.8, 4) is 0 Å². The third-order valence-corrected chi connectivity index (χ3v) is 9.73. The van der Waals surface area contributed by atoms with E-state index < -0.39 is 26.8 Å². The zero-order valence-electron chi connectivity index (χ0n) is 21.2. The fourth-order valence-electron chi connectivity index (χ4n) is 5.20. The van der Waals surface area contributed by atoms with Crippen LogP contribution in [0.25, 0.3) is 11.2 Å². The van der Waals surface area contributed by atoms with Gasteiger partial charge in [-0.1, -0.05) is 23.2 Å². The van der Waals surface area contributed by atoms with Gasteiger partial charge in [-0.05, 0) is 50.7 Å². The predicted octanol–water partition coefficient (Wildman–Crippen LogP) is 5.10. The Kier molecular flexibility index (Phi) is 7.55. The Morgan fingerprint density at radius 3 is 2.27 bits per heavy atom. The molecule has 10 nitrogen and oxygen atoms in total. The molecule has 40 heavy (non-hydrogen) atoms. The summed E-state index contributed by atoms with van der Waals surface area (Å²) < 4.78 is 65.0. The lowest BCUT2D eigenvalue weighted by atomic mass is 9.85. The molecule has 1 amide bonds. The lowest BCUT2D eigenvalue weighted by Crippen LogP contribution is -2.43. The van der Waals surface area contributed by atoms with Crippen LogP contribution in [0.5, 0.6) is 0 Å². The number of aromatic nitrogens is 4. The number of nitrogens with two attached hydrogens (primary N) is 1. The first-order valence-corrected chi connectivity index (χ1v) is 15.2. The number of imidazole rings is 1. The minimum absolute atomic E-state index is 0.0475. The van der Waals surface area contributed by atoms with Gasteiger partial charge >= 0.3 is 6.18 Å². The van der Waals surface area contributed by atoms with E-state index in [-0.39, 0.29) is 51.5 Å². The van der Waals surface area contributed by atoms with E-state index >= 15 is 0 Å². The van der Waals surface area contributed by atoms with E-state index in [4.69, 9.17) is 28.9 Å². The number of primary amides is 1. The monoisotopic (exact) mass is 619 g/mol. The second-order valence-electron chi connectivity index (χ2n) is 10.3. The van der Waals surface area contributed by atoms with E-state index in [1.54, 1.807) is 0 Å². The maximum atomic E-state index is 13.2. The van der Waals surface area contributed by atoms with Crippen LogP contribution in [0.2, 0.25) is 10.0 Å². The molecule has 0 saturated heterocycles. The van der Waals surface area contributed by atoms with Crippen LogP contribution in [0.4, 0.5) is 30.8 Å². The van der Waals surface area contributed by atoms with Crippen LogP contribution >= 0.6 is 23.2 Å². The van der Waals surface area contributed by atoms with E-state index in [1.807, 2.05) is 4.57 Å². The fourth-order valence-corrected chi connectivity index (χ4v) is 6.94. The number of nitrogens with zero attached hydrogens (tertiary/aromatic N) is 4. The Morgan fingerprint density at radius 1 is 1.10 bits per heavy atom. The van der Waals surface area contributed by atoms with Gasteiger partial charge in [0.1, 0.15) is 15.4 Å². The molecule has 16 heteroatoms. The van der Waals surface area contributed by atoms with Gasteiger partial charge in [0.15, 0.2) is 5.65 Å². The van der Waals surface area contributed by atoms with Crippen LogP contribution in [0, 0.1) is 5.92 Å². The summed E-state index contributed by atoms with van der Waals surface area (Å²) in [5, 5.41) is 5.26. The summed E-state index contributed by atoms with van der Waals surface area (Å²) in [4.78, 5) is 25.3. The van der Waals surface area contributed by atoms with Crippen molar-refractivity contribution >= 4 is 67.7 Å². The van der Waals surface area contributed by atoms with Crippen molar-refractivity contribution in [2.75, 3.05) is 16.9 Å². The van der Waals surface area contributed by atoms with Crippen molar-refractivity contribution in [1.82, 2.24) is 19.5 Å². The molecule has 2 aliphatic carbocycles. The summed E-state index contributed by atoms with van der Waals surface area (Å²) in [6.45, 7) is 0. The second kappa shape index (κ2) is 10.5. The lowest BCUT2D eigenvalue weighted by Gasteiger charge is -2.34. The van der Waals surface area contributed by atoms with Crippen molar-refractivity contribution in [2.24, 2.45) is 11.7 Å². The number of hydrogen-bond donors (Lipinski definition) is 3. The molecule has 0 spiro atoms. The van der Waals surface area contributed by atoms with Crippen molar-refractivity contribution in [2.45, 2.75) is 62.0 Å². The van der Waals surface area contributed by atoms with E-state index in [0.29, 0.717) is 49.7 Å². The first-order valence-electron chi connectivity index (χ1n) is 12.5. The third kappa shape index (κ3) is 5.79. The van der Waals surface area contributed by atoms with Crippen LogP contribution in [-0.4, -0.2) is 51.4 Å². The van der Waals surface area contributed by atoms with Gasteiger partial charge in [-0.2, -0.15) is 18.2 Å². The number of nitrogens with one attached hydrogen (secondary N) is 2. The molecule has 5 rings (SSSR count). The first kappa shape index (κ1) is 28.7. The number of benzene rings is 1. The molecular weight excluding hydrogens is 594 g/mol. The van der Waals surface area contributed by atoms with Gasteiger partial charge in [-0.15, -0.1) is 0 Å². The van der Waals surface area contributed by atoms with Crippen molar-refractivity contribution in [3.63, 3.8) is 0 Å². The molecule has 0 radical (unpaired) electrons. The largest absolute Gasteiger partial charge is 0.416 e. The highest BCUT2D eigenvalue weighted by Crippen LogP contribution is 2.42. The molecule has 2 aliphatic rings. The van der Waals surface area contributed by atoms with Crippen molar-refractivity contribution in [3.05, 3.63) is 33.9 Å². The number of sulfone groups is 1. The number of halogens is 5. The average molecular weight is 620 g/mol. The molecule has 2 aromatic heterocycles. The molecule has 0 unspecified atom stereocenters. The number of fused-ring (bicyclic) bond motifs is 1. The Labute approximate surface area is 237 Å². The van der Waals surface area contributed by atoms with Crippen LogP contribution in [-0.2, 0) is 20.8 Å². The maximum Gasteiger partial charge on any atom is 0.416 e. The average Bonchev–Trinajstić information content (AvgIpc) is 3.19. The van der Waals surface area contributed by atoms with Crippen molar-refractivity contribution in [1.29, 1.82) is 0 Å². The highest BCUT2D eigenvalue weighted by atomic mass is 35.5. The summed E-state index contributed by atoms with van der Waals surface area (Å²) >= 11 is 12.4.